The van der Waals surface area contributed by atoms with Crippen LogP contribution in [0.25, 0.3) is 10.8 Å². The van der Waals surface area contributed by atoms with Crippen LogP contribution in [-0.4, -0.2) is 55.5 Å². The third-order valence-corrected chi connectivity index (χ3v) is 5.30. The van der Waals surface area contributed by atoms with Crippen molar-refractivity contribution in [2.45, 2.75) is 39.0 Å². The van der Waals surface area contributed by atoms with Crippen LogP contribution in [0.3, 0.4) is 0 Å². The lowest BCUT2D eigenvalue weighted by molar-refractivity contribution is 0.0795. The smallest absolute Gasteiger partial charge is 0.253 e. The predicted molar refractivity (Wildman–Crippen MR) is 112 cm³/mol. The lowest BCUT2D eigenvalue weighted by Gasteiger charge is -2.26. The number of benzene rings is 2. The van der Waals surface area contributed by atoms with Crippen molar-refractivity contribution in [1.82, 2.24) is 9.80 Å². The molecule has 1 aliphatic rings. The SMILES string of the molecule is CCCN(C)C(=O)c1ccc2cc(OCCCN3CCCCC3)ccc2c1. The van der Waals surface area contributed by atoms with Gasteiger partial charge in [-0.1, -0.05) is 25.5 Å². The zero-order valence-electron chi connectivity index (χ0n) is 16.7. The van der Waals surface area contributed by atoms with Gasteiger partial charge in [-0.05, 0) is 73.8 Å². The molecule has 0 aromatic heterocycles. The van der Waals surface area contributed by atoms with E-state index in [1.807, 2.05) is 37.4 Å². The van der Waals surface area contributed by atoms with Gasteiger partial charge >= 0.3 is 0 Å². The molecule has 1 heterocycles. The highest BCUT2D eigenvalue weighted by molar-refractivity contribution is 5.98. The van der Waals surface area contributed by atoms with E-state index in [1.165, 1.54) is 32.4 Å². The summed E-state index contributed by atoms with van der Waals surface area (Å²) >= 11 is 0. The van der Waals surface area contributed by atoms with Crippen LogP contribution in [0.5, 0.6) is 5.75 Å². The van der Waals surface area contributed by atoms with Crippen LogP contribution in [0, 0.1) is 0 Å². The van der Waals surface area contributed by atoms with E-state index in [1.54, 1.807) is 4.90 Å². The van der Waals surface area contributed by atoms with Crippen molar-refractivity contribution in [3.8, 4) is 5.75 Å². The number of carbonyl (C=O) groups excluding carboxylic acids is 1. The highest BCUT2D eigenvalue weighted by Gasteiger charge is 2.12. The number of rotatable bonds is 8. The number of fused-ring (bicyclic) bond motifs is 1. The molecule has 2 aromatic rings. The van der Waals surface area contributed by atoms with Crippen LogP contribution in [0.15, 0.2) is 36.4 Å². The van der Waals surface area contributed by atoms with Gasteiger partial charge in [0.2, 0.25) is 0 Å². The van der Waals surface area contributed by atoms with Crippen molar-refractivity contribution in [2.75, 3.05) is 39.8 Å². The molecule has 0 bridgehead atoms. The van der Waals surface area contributed by atoms with Crippen molar-refractivity contribution in [3.63, 3.8) is 0 Å². The first-order valence-electron chi connectivity index (χ1n) is 10.3. The van der Waals surface area contributed by atoms with Gasteiger partial charge < -0.3 is 14.5 Å². The summed E-state index contributed by atoms with van der Waals surface area (Å²) in [5.74, 6) is 0.986. The Balaban J connectivity index is 1.55. The molecule has 0 N–H and O–H groups in total. The second-order valence-electron chi connectivity index (χ2n) is 7.55. The molecule has 0 unspecified atom stereocenters. The van der Waals surface area contributed by atoms with Crippen molar-refractivity contribution in [3.05, 3.63) is 42.0 Å². The first-order chi connectivity index (χ1) is 13.2. The molecule has 0 radical (unpaired) electrons. The van der Waals surface area contributed by atoms with Gasteiger partial charge in [0.1, 0.15) is 5.75 Å². The van der Waals surface area contributed by atoms with Crippen LogP contribution in [-0.2, 0) is 0 Å². The summed E-state index contributed by atoms with van der Waals surface area (Å²) in [7, 11) is 1.86. The standard InChI is InChI=1S/C23H32N2O2/c1-3-12-24(2)23(26)21-9-8-20-18-22(11-10-19(20)17-21)27-16-7-15-25-13-5-4-6-14-25/h8-11,17-18H,3-7,12-16H2,1-2H3. The van der Waals surface area contributed by atoms with Gasteiger partial charge in [-0.3, -0.25) is 4.79 Å². The molecule has 3 rings (SSSR count). The number of hydrogen-bond donors (Lipinski definition) is 0. The molecule has 1 aliphatic heterocycles. The van der Waals surface area contributed by atoms with Crippen LogP contribution in [0.2, 0.25) is 0 Å². The Kier molecular flexibility index (Phi) is 7.11. The van der Waals surface area contributed by atoms with Crippen LogP contribution < -0.4 is 4.74 Å². The fraction of sp³-hybridized carbons (Fsp3) is 0.522. The first-order valence-corrected chi connectivity index (χ1v) is 10.3. The molecule has 0 aliphatic carbocycles. The van der Waals surface area contributed by atoms with Crippen LogP contribution in [0.4, 0.5) is 0 Å². The minimum Gasteiger partial charge on any atom is -0.494 e. The molecular formula is C23H32N2O2. The molecule has 4 heteroatoms. The van der Waals surface area contributed by atoms with Crippen molar-refractivity contribution >= 4 is 16.7 Å². The molecule has 146 valence electrons. The predicted octanol–water partition coefficient (Wildman–Crippen LogP) is 4.58. The van der Waals surface area contributed by atoms with Gasteiger partial charge in [-0.2, -0.15) is 0 Å². The van der Waals surface area contributed by atoms with E-state index < -0.39 is 0 Å². The Morgan fingerprint density at radius 3 is 2.59 bits per heavy atom. The number of amides is 1. The molecule has 4 nitrogen and oxygen atoms in total. The average molecular weight is 369 g/mol. The van der Waals surface area contributed by atoms with E-state index >= 15 is 0 Å². The van der Waals surface area contributed by atoms with E-state index in [0.29, 0.717) is 0 Å². The lowest BCUT2D eigenvalue weighted by atomic mass is 10.1. The van der Waals surface area contributed by atoms with Gasteiger partial charge in [0.15, 0.2) is 0 Å². The van der Waals surface area contributed by atoms with E-state index in [9.17, 15) is 4.79 Å². The Morgan fingerprint density at radius 2 is 1.81 bits per heavy atom. The summed E-state index contributed by atoms with van der Waals surface area (Å²) in [6.07, 6.45) is 6.09. The maximum atomic E-state index is 12.4. The minimum absolute atomic E-state index is 0.0804. The second-order valence-corrected chi connectivity index (χ2v) is 7.55. The largest absolute Gasteiger partial charge is 0.494 e. The van der Waals surface area contributed by atoms with Gasteiger partial charge in [-0.25, -0.2) is 0 Å². The van der Waals surface area contributed by atoms with E-state index in [2.05, 4.69) is 17.9 Å². The van der Waals surface area contributed by atoms with Crippen molar-refractivity contribution in [1.29, 1.82) is 0 Å². The van der Waals surface area contributed by atoms with Crippen LogP contribution >= 0.6 is 0 Å². The maximum absolute atomic E-state index is 12.4. The Bertz CT molecular complexity index is 753. The van der Waals surface area contributed by atoms with E-state index in [-0.39, 0.29) is 5.91 Å². The zero-order valence-corrected chi connectivity index (χ0v) is 16.7. The fourth-order valence-electron chi connectivity index (χ4n) is 3.77. The minimum atomic E-state index is 0.0804. The Labute approximate surface area is 163 Å². The molecule has 2 aromatic carbocycles. The number of likely N-dealkylation sites (tertiary alicyclic amines) is 1. The van der Waals surface area contributed by atoms with Gasteiger partial charge in [0, 0.05) is 25.7 Å². The van der Waals surface area contributed by atoms with E-state index in [0.717, 1.165) is 54.6 Å². The average Bonchev–Trinajstić information content (AvgIpc) is 2.71. The highest BCUT2D eigenvalue weighted by Crippen LogP contribution is 2.23. The monoisotopic (exact) mass is 368 g/mol. The molecule has 0 saturated carbocycles. The van der Waals surface area contributed by atoms with E-state index in [4.69, 9.17) is 4.74 Å². The number of nitrogens with zero attached hydrogens (tertiary/aromatic N) is 2. The fourth-order valence-corrected chi connectivity index (χ4v) is 3.77. The molecule has 0 spiro atoms. The summed E-state index contributed by atoms with van der Waals surface area (Å²) < 4.78 is 5.95. The quantitative estimate of drug-likeness (QED) is 0.640. The lowest BCUT2D eigenvalue weighted by Crippen LogP contribution is -2.31. The van der Waals surface area contributed by atoms with Gasteiger partial charge in [-0.15, -0.1) is 0 Å². The van der Waals surface area contributed by atoms with Gasteiger partial charge in [0.25, 0.3) is 5.91 Å². The molecule has 1 amide bonds. The number of piperidine rings is 1. The van der Waals surface area contributed by atoms with Crippen molar-refractivity contribution < 1.29 is 9.53 Å². The molecule has 1 fully saturated rings. The van der Waals surface area contributed by atoms with Crippen molar-refractivity contribution in [2.24, 2.45) is 0 Å². The topological polar surface area (TPSA) is 32.8 Å². The zero-order chi connectivity index (χ0) is 19.1. The molecule has 0 atom stereocenters. The third kappa shape index (κ3) is 5.46. The number of ether oxygens (including phenoxy) is 1. The Morgan fingerprint density at radius 1 is 1.07 bits per heavy atom. The molecule has 27 heavy (non-hydrogen) atoms. The second kappa shape index (κ2) is 9.75. The number of hydrogen-bond acceptors (Lipinski definition) is 3. The first kappa shape index (κ1) is 19.7. The number of carbonyl (C=O) groups is 1. The van der Waals surface area contributed by atoms with Crippen LogP contribution in [0.1, 0.15) is 49.4 Å². The molecule has 1 saturated heterocycles. The third-order valence-electron chi connectivity index (χ3n) is 5.30. The summed E-state index contributed by atoms with van der Waals surface area (Å²) in [6, 6.07) is 12.0. The normalized spacial score (nSPS) is 15.0. The highest BCUT2D eigenvalue weighted by atomic mass is 16.5. The summed E-state index contributed by atoms with van der Waals surface area (Å²) in [6.45, 7) is 7.22. The van der Waals surface area contributed by atoms with Gasteiger partial charge in [0.05, 0.1) is 6.61 Å². The summed E-state index contributed by atoms with van der Waals surface area (Å²) in [4.78, 5) is 16.8. The Hall–Kier alpha value is -2.07. The maximum Gasteiger partial charge on any atom is 0.253 e. The molecular weight excluding hydrogens is 336 g/mol. The summed E-state index contributed by atoms with van der Waals surface area (Å²) in [5, 5.41) is 2.18. The summed E-state index contributed by atoms with van der Waals surface area (Å²) in [5.41, 5.74) is 0.744.